The summed E-state index contributed by atoms with van der Waals surface area (Å²) in [5.74, 6) is 0.728. The summed E-state index contributed by atoms with van der Waals surface area (Å²) in [5, 5.41) is 6.30. The van der Waals surface area contributed by atoms with E-state index in [-0.39, 0.29) is 11.8 Å². The molecule has 0 bridgehead atoms. The molecule has 1 aliphatic carbocycles. The Morgan fingerprint density at radius 1 is 1.20 bits per heavy atom. The van der Waals surface area contributed by atoms with E-state index >= 15 is 0 Å². The Balaban J connectivity index is 1.35. The number of anilines is 3. The van der Waals surface area contributed by atoms with Crippen molar-refractivity contribution in [2.24, 2.45) is 0 Å². The molecule has 1 aromatic carbocycles. The van der Waals surface area contributed by atoms with Crippen LogP contribution in [0.1, 0.15) is 44.9 Å². The number of rotatable bonds is 4. The molecule has 0 atom stereocenters. The summed E-state index contributed by atoms with van der Waals surface area (Å²) in [7, 11) is 0. The lowest BCUT2D eigenvalue weighted by atomic mass is 10.1. The first-order valence-corrected chi connectivity index (χ1v) is 11.9. The molecular formula is C26H26N6O3. The van der Waals surface area contributed by atoms with Crippen LogP contribution in [0, 0.1) is 6.92 Å². The van der Waals surface area contributed by atoms with E-state index in [1.807, 2.05) is 25.1 Å². The Labute approximate surface area is 202 Å². The molecule has 1 fully saturated rings. The predicted octanol–water partition coefficient (Wildman–Crippen LogP) is 3.31. The number of nitrogens with one attached hydrogen (secondary N) is 3. The highest BCUT2D eigenvalue weighted by Gasteiger charge is 2.30. The lowest BCUT2D eigenvalue weighted by Gasteiger charge is -2.26. The number of morpholine rings is 1. The molecule has 2 amide bonds. The summed E-state index contributed by atoms with van der Waals surface area (Å²) < 4.78 is 5.35. The zero-order chi connectivity index (χ0) is 23.9. The van der Waals surface area contributed by atoms with Crippen molar-refractivity contribution >= 4 is 40.8 Å². The fourth-order valence-electron chi connectivity index (χ4n) is 5.04. The van der Waals surface area contributed by atoms with Crippen LogP contribution in [0.3, 0.4) is 0 Å². The summed E-state index contributed by atoms with van der Waals surface area (Å²) in [5.41, 5.74) is 6.82. The van der Waals surface area contributed by atoms with Crippen LogP contribution >= 0.6 is 0 Å². The maximum absolute atomic E-state index is 12.9. The molecule has 2 aromatic heterocycles. The van der Waals surface area contributed by atoms with E-state index in [2.05, 4.69) is 31.7 Å². The number of aromatic nitrogens is 3. The number of carbonyl (C=O) groups excluding carboxylic acids is 2. The molecule has 35 heavy (non-hydrogen) atoms. The van der Waals surface area contributed by atoms with Crippen molar-refractivity contribution in [2.75, 3.05) is 36.9 Å². The van der Waals surface area contributed by atoms with Crippen LogP contribution in [0.15, 0.2) is 30.6 Å². The quantitative estimate of drug-likeness (QED) is 0.505. The van der Waals surface area contributed by atoms with Crippen molar-refractivity contribution < 1.29 is 14.3 Å². The van der Waals surface area contributed by atoms with E-state index in [4.69, 9.17) is 4.74 Å². The van der Waals surface area contributed by atoms with Crippen LogP contribution < -0.4 is 10.6 Å². The van der Waals surface area contributed by atoms with Crippen LogP contribution in [-0.2, 0) is 22.4 Å². The third kappa shape index (κ3) is 3.87. The number of hydrogen-bond acceptors (Lipinski definition) is 6. The minimum Gasteiger partial charge on any atom is -0.378 e. The Bertz CT molecular complexity index is 1370. The van der Waals surface area contributed by atoms with Gasteiger partial charge in [-0.25, -0.2) is 9.97 Å². The Hall–Kier alpha value is -3.98. The molecule has 3 aromatic rings. The first-order chi connectivity index (χ1) is 17.1. The van der Waals surface area contributed by atoms with Gasteiger partial charge >= 0.3 is 0 Å². The van der Waals surface area contributed by atoms with Crippen molar-refractivity contribution in [2.45, 2.75) is 26.2 Å². The minimum absolute atomic E-state index is 0.0686. The van der Waals surface area contributed by atoms with Gasteiger partial charge in [-0.15, -0.1) is 0 Å². The first-order valence-electron chi connectivity index (χ1n) is 11.9. The third-order valence-corrected chi connectivity index (χ3v) is 6.86. The number of carbonyl (C=O) groups is 2. The fraction of sp³-hybridized carbons (Fsp3) is 0.308. The highest BCUT2D eigenvalue weighted by molar-refractivity contribution is 6.35. The van der Waals surface area contributed by atoms with Crippen molar-refractivity contribution in [3.63, 3.8) is 0 Å². The lowest BCUT2D eigenvalue weighted by Crippen LogP contribution is -2.40. The smallest absolute Gasteiger partial charge is 0.270 e. The number of benzene rings is 1. The van der Waals surface area contributed by atoms with Crippen LogP contribution in [0.25, 0.3) is 11.6 Å². The zero-order valence-electron chi connectivity index (χ0n) is 19.5. The summed E-state index contributed by atoms with van der Waals surface area (Å²) in [6, 6.07) is 8.08. The van der Waals surface area contributed by atoms with Gasteiger partial charge in [0.15, 0.2) is 0 Å². The number of amides is 2. The Kier molecular flexibility index (Phi) is 5.33. The van der Waals surface area contributed by atoms with Crippen LogP contribution in [-0.4, -0.2) is 58.0 Å². The molecule has 3 aliphatic rings. The summed E-state index contributed by atoms with van der Waals surface area (Å²) in [6.45, 7) is 4.14. The minimum atomic E-state index is -0.253. The van der Waals surface area contributed by atoms with Crippen molar-refractivity contribution in [3.8, 4) is 0 Å². The van der Waals surface area contributed by atoms with E-state index in [9.17, 15) is 9.59 Å². The molecule has 2 aliphatic heterocycles. The van der Waals surface area contributed by atoms with Gasteiger partial charge in [0.25, 0.3) is 11.8 Å². The van der Waals surface area contributed by atoms with Gasteiger partial charge < -0.3 is 25.3 Å². The van der Waals surface area contributed by atoms with Crippen LogP contribution in [0.2, 0.25) is 0 Å². The second-order valence-corrected chi connectivity index (χ2v) is 9.06. The number of fused-ring (bicyclic) bond motifs is 2. The van der Waals surface area contributed by atoms with E-state index < -0.39 is 0 Å². The Morgan fingerprint density at radius 2 is 2.06 bits per heavy atom. The summed E-state index contributed by atoms with van der Waals surface area (Å²) in [6.07, 6.45) is 6.46. The standard InChI is InChI=1S/C26H26N6O3/c1-15-12-21(26(34)32-8-10-35-11-9-32)29-20(15)13-18-22-23(27-14-28-24(22)31-25(18)33)30-19-7-3-5-16-4-2-6-17(16)19/h3,5,7,12-14,29H,2,4,6,8-11H2,1H3,(H2,27,28,30,31,33). The summed E-state index contributed by atoms with van der Waals surface area (Å²) >= 11 is 0. The number of nitrogens with zero attached hydrogens (tertiary/aromatic N) is 3. The number of aryl methyl sites for hydroxylation is 2. The largest absolute Gasteiger partial charge is 0.378 e. The average Bonchev–Trinajstić information content (AvgIpc) is 3.58. The lowest BCUT2D eigenvalue weighted by molar-refractivity contribution is -0.110. The molecule has 0 radical (unpaired) electrons. The third-order valence-electron chi connectivity index (χ3n) is 6.86. The maximum atomic E-state index is 12.9. The number of hydrogen-bond donors (Lipinski definition) is 3. The monoisotopic (exact) mass is 470 g/mol. The normalized spacial score (nSPS) is 17.9. The van der Waals surface area contributed by atoms with E-state index in [0.29, 0.717) is 60.5 Å². The molecule has 4 heterocycles. The van der Waals surface area contributed by atoms with Gasteiger partial charge in [-0.1, -0.05) is 12.1 Å². The predicted molar refractivity (Wildman–Crippen MR) is 133 cm³/mol. The molecule has 3 N–H and O–H groups in total. The van der Waals surface area contributed by atoms with Gasteiger partial charge in [-0.3, -0.25) is 9.59 Å². The first kappa shape index (κ1) is 21.5. The van der Waals surface area contributed by atoms with Gasteiger partial charge in [-0.05, 0) is 61.1 Å². The van der Waals surface area contributed by atoms with Crippen molar-refractivity contribution in [1.29, 1.82) is 0 Å². The van der Waals surface area contributed by atoms with Crippen molar-refractivity contribution in [3.05, 3.63) is 64.2 Å². The van der Waals surface area contributed by atoms with Crippen LogP contribution in [0.5, 0.6) is 0 Å². The van der Waals surface area contributed by atoms with Gasteiger partial charge in [0, 0.05) is 24.5 Å². The molecular weight excluding hydrogens is 444 g/mol. The fourth-order valence-corrected chi connectivity index (χ4v) is 5.04. The maximum Gasteiger partial charge on any atom is 0.270 e. The molecule has 178 valence electrons. The number of aromatic amines is 1. The van der Waals surface area contributed by atoms with Crippen molar-refractivity contribution in [1.82, 2.24) is 19.9 Å². The highest BCUT2D eigenvalue weighted by atomic mass is 16.5. The molecule has 0 saturated carbocycles. The molecule has 0 unspecified atom stereocenters. The van der Waals surface area contributed by atoms with E-state index in [0.717, 1.165) is 30.5 Å². The number of H-pyrrole nitrogens is 1. The van der Waals surface area contributed by atoms with Gasteiger partial charge in [0.05, 0.1) is 24.4 Å². The molecule has 1 saturated heterocycles. The van der Waals surface area contributed by atoms with Crippen LogP contribution in [0.4, 0.5) is 17.3 Å². The molecule has 0 spiro atoms. The SMILES string of the molecule is Cc1cc(C(=O)N2CCOCC2)[nH]c1C=C1C(=O)Nc2ncnc(Nc3cccc4c3CCC4)c21. The topological polar surface area (TPSA) is 112 Å². The second-order valence-electron chi connectivity index (χ2n) is 9.06. The second kappa shape index (κ2) is 8.66. The molecule has 9 nitrogen and oxygen atoms in total. The highest BCUT2D eigenvalue weighted by Crippen LogP contribution is 2.38. The zero-order valence-corrected chi connectivity index (χ0v) is 19.5. The van der Waals surface area contributed by atoms with Gasteiger partial charge in [0.1, 0.15) is 23.7 Å². The molecule has 6 rings (SSSR count). The average molecular weight is 471 g/mol. The van der Waals surface area contributed by atoms with E-state index in [1.54, 1.807) is 11.0 Å². The summed E-state index contributed by atoms with van der Waals surface area (Å²) in [4.78, 5) is 39.6. The van der Waals surface area contributed by atoms with Gasteiger partial charge in [-0.2, -0.15) is 0 Å². The molecule has 9 heteroatoms. The number of ether oxygens (including phenoxy) is 1. The van der Waals surface area contributed by atoms with Gasteiger partial charge in [0.2, 0.25) is 0 Å². The van der Waals surface area contributed by atoms with E-state index in [1.165, 1.54) is 17.5 Å². The Morgan fingerprint density at radius 3 is 2.91 bits per heavy atom.